The minimum absolute atomic E-state index is 0.175. The highest BCUT2D eigenvalue weighted by molar-refractivity contribution is 9.10. The van der Waals surface area contributed by atoms with Crippen molar-refractivity contribution in [3.05, 3.63) is 62.7 Å². The predicted molar refractivity (Wildman–Crippen MR) is 113 cm³/mol. The molecule has 0 bridgehead atoms. The maximum absolute atomic E-state index is 11.9. The molecule has 3 rings (SSSR count). The van der Waals surface area contributed by atoms with Gasteiger partial charge in [0.15, 0.2) is 0 Å². The SMILES string of the molecule is CCc1ccc(CCOc2ccc(Br)cc2/C=C2\SC(=S)NC2=O)nc1. The maximum atomic E-state index is 11.9. The van der Waals surface area contributed by atoms with E-state index in [9.17, 15) is 4.79 Å². The van der Waals surface area contributed by atoms with Crippen molar-refractivity contribution in [3.63, 3.8) is 0 Å². The van der Waals surface area contributed by atoms with Gasteiger partial charge in [-0.2, -0.15) is 0 Å². The summed E-state index contributed by atoms with van der Waals surface area (Å²) in [5, 5.41) is 2.62. The number of ether oxygens (including phenoxy) is 1. The molecule has 1 aromatic carbocycles. The fourth-order valence-electron chi connectivity index (χ4n) is 2.40. The summed E-state index contributed by atoms with van der Waals surface area (Å²) in [7, 11) is 0. The van der Waals surface area contributed by atoms with E-state index >= 15 is 0 Å². The van der Waals surface area contributed by atoms with Crippen LogP contribution in [0.15, 0.2) is 45.9 Å². The van der Waals surface area contributed by atoms with E-state index in [1.807, 2.05) is 30.5 Å². The van der Waals surface area contributed by atoms with Crippen molar-refractivity contribution in [2.24, 2.45) is 0 Å². The smallest absolute Gasteiger partial charge is 0.263 e. The van der Waals surface area contributed by atoms with Crippen molar-refractivity contribution in [2.75, 3.05) is 6.61 Å². The number of carbonyl (C=O) groups is 1. The van der Waals surface area contributed by atoms with Gasteiger partial charge in [-0.05, 0) is 42.3 Å². The van der Waals surface area contributed by atoms with E-state index in [1.54, 1.807) is 6.08 Å². The van der Waals surface area contributed by atoms with Crippen LogP contribution in [0.4, 0.5) is 0 Å². The van der Waals surface area contributed by atoms with Crippen molar-refractivity contribution in [1.82, 2.24) is 10.3 Å². The van der Waals surface area contributed by atoms with E-state index in [0.717, 1.165) is 34.3 Å². The summed E-state index contributed by atoms with van der Waals surface area (Å²) >= 11 is 9.75. The van der Waals surface area contributed by atoms with Crippen LogP contribution in [0.2, 0.25) is 0 Å². The zero-order chi connectivity index (χ0) is 18.5. The fraction of sp³-hybridized carbons (Fsp3) is 0.211. The van der Waals surface area contributed by atoms with Crippen molar-refractivity contribution in [1.29, 1.82) is 0 Å². The molecule has 1 aromatic heterocycles. The summed E-state index contributed by atoms with van der Waals surface area (Å²) in [6.45, 7) is 2.62. The Kier molecular flexibility index (Phi) is 6.45. The number of pyridine rings is 1. The van der Waals surface area contributed by atoms with Gasteiger partial charge >= 0.3 is 0 Å². The van der Waals surface area contributed by atoms with Gasteiger partial charge in [-0.3, -0.25) is 9.78 Å². The average Bonchev–Trinajstić information content (AvgIpc) is 2.94. The van der Waals surface area contributed by atoms with Crippen LogP contribution in [0.25, 0.3) is 6.08 Å². The number of rotatable bonds is 6. The van der Waals surface area contributed by atoms with E-state index in [1.165, 1.54) is 17.3 Å². The van der Waals surface area contributed by atoms with E-state index in [-0.39, 0.29) is 5.91 Å². The number of aromatic nitrogens is 1. The number of carbonyl (C=O) groups excluding carboxylic acids is 1. The molecule has 2 heterocycles. The van der Waals surface area contributed by atoms with Gasteiger partial charge in [0, 0.05) is 28.3 Å². The van der Waals surface area contributed by atoms with Crippen molar-refractivity contribution < 1.29 is 9.53 Å². The van der Waals surface area contributed by atoms with Gasteiger partial charge in [-0.15, -0.1) is 0 Å². The van der Waals surface area contributed by atoms with Crippen LogP contribution in [-0.2, 0) is 17.6 Å². The van der Waals surface area contributed by atoms with E-state index in [0.29, 0.717) is 15.8 Å². The van der Waals surface area contributed by atoms with Gasteiger partial charge in [0.25, 0.3) is 5.91 Å². The minimum Gasteiger partial charge on any atom is -0.493 e. The van der Waals surface area contributed by atoms with Gasteiger partial charge in [0.2, 0.25) is 0 Å². The number of hydrogen-bond donors (Lipinski definition) is 1. The number of nitrogens with zero attached hydrogens (tertiary/aromatic N) is 1. The topological polar surface area (TPSA) is 51.2 Å². The molecule has 7 heteroatoms. The molecule has 0 spiro atoms. The number of thioether (sulfide) groups is 1. The van der Waals surface area contributed by atoms with Crippen molar-refractivity contribution >= 4 is 56.2 Å². The highest BCUT2D eigenvalue weighted by atomic mass is 79.9. The number of hydrogen-bond acceptors (Lipinski definition) is 5. The molecule has 0 unspecified atom stereocenters. The molecule has 1 N–H and O–H groups in total. The maximum Gasteiger partial charge on any atom is 0.263 e. The van der Waals surface area contributed by atoms with Gasteiger partial charge in [0.1, 0.15) is 10.1 Å². The number of halogens is 1. The molecule has 134 valence electrons. The Morgan fingerprint density at radius 1 is 1.35 bits per heavy atom. The molecule has 0 saturated carbocycles. The summed E-state index contributed by atoms with van der Waals surface area (Å²) in [5.41, 5.74) is 3.05. The molecular weight excluding hydrogens is 432 g/mol. The quantitative estimate of drug-likeness (QED) is 0.519. The Hall–Kier alpha value is -1.70. The number of thiocarbonyl (C=S) groups is 1. The van der Waals surface area contributed by atoms with Crippen molar-refractivity contribution in [2.45, 2.75) is 19.8 Å². The lowest BCUT2D eigenvalue weighted by atomic mass is 10.2. The molecule has 1 aliphatic rings. The number of nitrogens with one attached hydrogen (secondary N) is 1. The first kappa shape index (κ1) is 19.1. The van der Waals surface area contributed by atoms with Gasteiger partial charge in [-0.25, -0.2) is 0 Å². The summed E-state index contributed by atoms with van der Waals surface area (Å²) < 4.78 is 7.33. The highest BCUT2D eigenvalue weighted by Gasteiger charge is 2.22. The van der Waals surface area contributed by atoms with E-state index < -0.39 is 0 Å². The summed E-state index contributed by atoms with van der Waals surface area (Å²) in [6.07, 6.45) is 5.41. The second-order valence-corrected chi connectivity index (χ2v) is 8.28. The Balaban J connectivity index is 1.70. The summed E-state index contributed by atoms with van der Waals surface area (Å²) in [4.78, 5) is 16.9. The molecule has 26 heavy (non-hydrogen) atoms. The fourth-order valence-corrected chi connectivity index (χ4v) is 3.82. The molecule has 1 fully saturated rings. The summed E-state index contributed by atoms with van der Waals surface area (Å²) in [6, 6.07) is 9.85. The molecule has 0 atom stereocenters. The first-order valence-electron chi connectivity index (χ1n) is 8.16. The Labute approximate surface area is 170 Å². The van der Waals surface area contributed by atoms with Crippen LogP contribution in [0.5, 0.6) is 5.75 Å². The van der Waals surface area contributed by atoms with Gasteiger partial charge < -0.3 is 10.1 Å². The third kappa shape index (κ3) is 4.93. The van der Waals surface area contributed by atoms with Crippen molar-refractivity contribution in [3.8, 4) is 5.75 Å². The Morgan fingerprint density at radius 2 is 2.19 bits per heavy atom. The molecule has 1 aliphatic heterocycles. The molecule has 0 radical (unpaired) electrons. The van der Waals surface area contributed by atoms with Gasteiger partial charge in [-0.1, -0.05) is 52.9 Å². The van der Waals surface area contributed by atoms with Crippen LogP contribution in [0.3, 0.4) is 0 Å². The molecule has 1 saturated heterocycles. The minimum atomic E-state index is -0.175. The monoisotopic (exact) mass is 448 g/mol. The molecular formula is C19H17BrN2O2S2. The second-order valence-electron chi connectivity index (χ2n) is 5.64. The second kappa shape index (κ2) is 8.79. The Bertz CT molecular complexity index is 866. The largest absolute Gasteiger partial charge is 0.493 e. The average molecular weight is 449 g/mol. The predicted octanol–water partition coefficient (Wildman–Crippen LogP) is 4.52. The lowest BCUT2D eigenvalue weighted by Crippen LogP contribution is -2.17. The molecule has 1 amide bonds. The first-order valence-corrected chi connectivity index (χ1v) is 10.2. The Morgan fingerprint density at radius 3 is 2.85 bits per heavy atom. The van der Waals surface area contributed by atoms with Crippen LogP contribution in [0.1, 0.15) is 23.7 Å². The summed E-state index contributed by atoms with van der Waals surface area (Å²) in [5.74, 6) is 0.545. The standard InChI is InChI=1S/C19H17BrN2O2S2/c1-2-12-3-5-15(21-11-12)7-8-24-16-6-4-14(20)9-13(16)10-17-18(23)22-19(25)26-17/h3-6,9-11H,2,7-8H2,1H3,(H,22,23,25)/b17-10-. The lowest BCUT2D eigenvalue weighted by molar-refractivity contribution is -0.115. The first-order chi connectivity index (χ1) is 12.5. The number of amides is 1. The van der Waals surface area contributed by atoms with E-state index in [2.05, 4.69) is 39.2 Å². The third-order valence-electron chi connectivity index (χ3n) is 3.81. The number of aryl methyl sites for hydroxylation is 1. The lowest BCUT2D eigenvalue weighted by Gasteiger charge is -2.10. The van der Waals surface area contributed by atoms with Crippen LogP contribution >= 0.6 is 39.9 Å². The zero-order valence-corrected chi connectivity index (χ0v) is 17.3. The molecule has 0 aliphatic carbocycles. The van der Waals surface area contributed by atoms with Crippen LogP contribution in [-0.4, -0.2) is 21.8 Å². The molecule has 4 nitrogen and oxygen atoms in total. The van der Waals surface area contributed by atoms with Crippen LogP contribution in [0, 0.1) is 0 Å². The van der Waals surface area contributed by atoms with Crippen LogP contribution < -0.4 is 10.1 Å². The highest BCUT2D eigenvalue weighted by Crippen LogP contribution is 2.31. The third-order valence-corrected chi connectivity index (χ3v) is 5.47. The van der Waals surface area contributed by atoms with Gasteiger partial charge in [0.05, 0.1) is 11.5 Å². The molecule has 2 aromatic rings. The normalized spacial score (nSPS) is 15.4. The number of benzene rings is 1. The zero-order valence-electron chi connectivity index (χ0n) is 14.1. The van der Waals surface area contributed by atoms with E-state index in [4.69, 9.17) is 17.0 Å².